The number of carbonyl (C=O) groups excluding carboxylic acids is 1. The lowest BCUT2D eigenvalue weighted by Gasteiger charge is -2.23. The van der Waals surface area contributed by atoms with E-state index in [1.54, 1.807) is 0 Å². The van der Waals surface area contributed by atoms with Crippen molar-refractivity contribution in [3.05, 3.63) is 48.0 Å². The number of hydrogen-bond acceptors (Lipinski definition) is 2. The van der Waals surface area contributed by atoms with Crippen LogP contribution in [0.4, 0.5) is 0 Å². The molecule has 4 heteroatoms. The van der Waals surface area contributed by atoms with E-state index in [9.17, 15) is 4.79 Å². The van der Waals surface area contributed by atoms with Gasteiger partial charge in [0.25, 0.3) is 0 Å². The zero-order valence-electron chi connectivity index (χ0n) is 11.8. The highest BCUT2D eigenvalue weighted by Crippen LogP contribution is 2.20. The summed E-state index contributed by atoms with van der Waals surface area (Å²) in [5.74, 6) is 0.112. The van der Waals surface area contributed by atoms with Crippen molar-refractivity contribution < 1.29 is 4.79 Å². The average Bonchev–Trinajstić information content (AvgIpc) is 2.97. The fraction of sp³-hybridized carbons (Fsp3) is 0.294. The van der Waals surface area contributed by atoms with Gasteiger partial charge in [-0.3, -0.25) is 4.79 Å². The molecule has 1 heterocycles. The van der Waals surface area contributed by atoms with E-state index in [4.69, 9.17) is 18.0 Å². The summed E-state index contributed by atoms with van der Waals surface area (Å²) in [6.45, 7) is 0.758. The first-order valence-corrected chi connectivity index (χ1v) is 7.62. The second-order valence-corrected chi connectivity index (χ2v) is 5.98. The van der Waals surface area contributed by atoms with Crippen LogP contribution in [0.5, 0.6) is 0 Å². The summed E-state index contributed by atoms with van der Waals surface area (Å²) < 4.78 is 0. The Kier molecular flexibility index (Phi) is 3.88. The molecule has 0 bridgehead atoms. The van der Waals surface area contributed by atoms with Crippen molar-refractivity contribution in [3.63, 3.8) is 0 Å². The average molecular weight is 298 g/mol. The molecule has 3 rings (SSSR count). The van der Waals surface area contributed by atoms with Gasteiger partial charge in [0.1, 0.15) is 0 Å². The molecule has 1 aliphatic heterocycles. The van der Waals surface area contributed by atoms with Crippen molar-refractivity contribution in [1.82, 2.24) is 4.90 Å². The smallest absolute Gasteiger partial charge is 0.227 e. The Morgan fingerprint density at radius 3 is 2.76 bits per heavy atom. The first kappa shape index (κ1) is 14.0. The molecular formula is C17H18N2OS. The SMILES string of the molecule is NC(=S)C1CCCN1C(=O)Cc1ccc2ccccc2c1. The number of thiocarbonyl (C=S) groups is 1. The Bertz CT molecular complexity index is 698. The third-order valence-corrected chi connectivity index (χ3v) is 4.34. The quantitative estimate of drug-likeness (QED) is 0.886. The molecule has 108 valence electrons. The summed E-state index contributed by atoms with van der Waals surface area (Å²) >= 11 is 5.06. The molecule has 0 radical (unpaired) electrons. The molecule has 2 N–H and O–H groups in total. The monoisotopic (exact) mass is 298 g/mol. The second kappa shape index (κ2) is 5.82. The molecule has 2 aromatic carbocycles. The van der Waals surface area contributed by atoms with Gasteiger partial charge in [-0.15, -0.1) is 0 Å². The largest absolute Gasteiger partial charge is 0.392 e. The highest BCUT2D eigenvalue weighted by Gasteiger charge is 2.30. The van der Waals surface area contributed by atoms with Crippen LogP contribution >= 0.6 is 12.2 Å². The van der Waals surface area contributed by atoms with Gasteiger partial charge in [-0.25, -0.2) is 0 Å². The fourth-order valence-electron chi connectivity index (χ4n) is 2.99. The molecule has 0 aliphatic carbocycles. The standard InChI is InChI=1S/C17H18N2OS/c18-17(21)15-6-3-9-19(15)16(20)11-12-7-8-13-4-1-2-5-14(13)10-12/h1-2,4-5,7-8,10,15H,3,6,9,11H2,(H2,18,21). The number of carbonyl (C=O) groups is 1. The highest BCUT2D eigenvalue weighted by molar-refractivity contribution is 7.80. The lowest BCUT2D eigenvalue weighted by atomic mass is 10.0. The Balaban J connectivity index is 1.78. The van der Waals surface area contributed by atoms with Crippen LogP contribution < -0.4 is 5.73 Å². The molecule has 1 atom stereocenters. The second-order valence-electron chi connectivity index (χ2n) is 5.51. The van der Waals surface area contributed by atoms with Crippen LogP contribution in [-0.4, -0.2) is 28.4 Å². The van der Waals surface area contributed by atoms with E-state index >= 15 is 0 Å². The predicted molar refractivity (Wildman–Crippen MR) is 89.2 cm³/mol. The van der Waals surface area contributed by atoms with Crippen molar-refractivity contribution in [2.45, 2.75) is 25.3 Å². The van der Waals surface area contributed by atoms with E-state index < -0.39 is 0 Å². The van der Waals surface area contributed by atoms with E-state index in [0.29, 0.717) is 11.4 Å². The molecule has 0 spiro atoms. The molecule has 1 fully saturated rings. The van der Waals surface area contributed by atoms with Crippen molar-refractivity contribution in [1.29, 1.82) is 0 Å². The summed E-state index contributed by atoms with van der Waals surface area (Å²) in [4.78, 5) is 14.7. The lowest BCUT2D eigenvalue weighted by Crippen LogP contribution is -2.43. The minimum atomic E-state index is -0.0621. The van der Waals surface area contributed by atoms with E-state index in [2.05, 4.69) is 24.3 Å². The Labute approximate surface area is 129 Å². The Morgan fingerprint density at radius 2 is 2.00 bits per heavy atom. The molecular weight excluding hydrogens is 280 g/mol. The number of hydrogen-bond donors (Lipinski definition) is 1. The van der Waals surface area contributed by atoms with Gasteiger partial charge >= 0.3 is 0 Å². The van der Waals surface area contributed by atoms with E-state index in [0.717, 1.165) is 30.3 Å². The van der Waals surface area contributed by atoms with Gasteiger partial charge in [-0.1, -0.05) is 54.7 Å². The van der Waals surface area contributed by atoms with Crippen LogP contribution in [0.15, 0.2) is 42.5 Å². The summed E-state index contributed by atoms with van der Waals surface area (Å²) in [6, 6.07) is 14.3. The Morgan fingerprint density at radius 1 is 1.24 bits per heavy atom. The highest BCUT2D eigenvalue weighted by atomic mass is 32.1. The van der Waals surface area contributed by atoms with Gasteiger partial charge in [0, 0.05) is 6.54 Å². The van der Waals surface area contributed by atoms with Crippen molar-refractivity contribution >= 4 is 33.9 Å². The van der Waals surface area contributed by atoms with Crippen LogP contribution in [0.2, 0.25) is 0 Å². The summed E-state index contributed by atoms with van der Waals surface area (Å²) in [6.07, 6.45) is 2.27. The minimum Gasteiger partial charge on any atom is -0.392 e. The number of nitrogens with two attached hydrogens (primary N) is 1. The maximum absolute atomic E-state index is 12.5. The Hall–Kier alpha value is -1.94. The molecule has 2 aromatic rings. The minimum absolute atomic E-state index is 0.0621. The molecule has 1 unspecified atom stereocenters. The van der Waals surface area contributed by atoms with Crippen LogP contribution in [0.1, 0.15) is 18.4 Å². The predicted octanol–water partition coefficient (Wildman–Crippen LogP) is 2.66. The van der Waals surface area contributed by atoms with Gasteiger partial charge < -0.3 is 10.6 Å². The van der Waals surface area contributed by atoms with Crippen LogP contribution in [0.25, 0.3) is 10.8 Å². The van der Waals surface area contributed by atoms with E-state index in [-0.39, 0.29) is 11.9 Å². The lowest BCUT2D eigenvalue weighted by molar-refractivity contribution is -0.130. The van der Waals surface area contributed by atoms with Crippen molar-refractivity contribution in [2.75, 3.05) is 6.54 Å². The van der Waals surface area contributed by atoms with Crippen molar-refractivity contribution in [2.24, 2.45) is 5.73 Å². The molecule has 21 heavy (non-hydrogen) atoms. The number of amides is 1. The van der Waals surface area contributed by atoms with Crippen LogP contribution in [0.3, 0.4) is 0 Å². The van der Waals surface area contributed by atoms with E-state index in [1.165, 1.54) is 5.39 Å². The third kappa shape index (κ3) is 2.90. The maximum atomic E-state index is 12.5. The number of benzene rings is 2. The van der Waals surface area contributed by atoms with Crippen LogP contribution in [0, 0.1) is 0 Å². The summed E-state index contributed by atoms with van der Waals surface area (Å²) in [5.41, 5.74) is 6.77. The topological polar surface area (TPSA) is 46.3 Å². The molecule has 1 aliphatic rings. The first-order valence-electron chi connectivity index (χ1n) is 7.21. The number of likely N-dealkylation sites (tertiary alicyclic amines) is 1. The first-order chi connectivity index (χ1) is 10.1. The zero-order chi connectivity index (χ0) is 14.8. The number of rotatable bonds is 3. The number of fused-ring (bicyclic) bond motifs is 1. The van der Waals surface area contributed by atoms with Crippen molar-refractivity contribution in [3.8, 4) is 0 Å². The third-order valence-electron chi connectivity index (χ3n) is 4.07. The zero-order valence-corrected chi connectivity index (χ0v) is 12.6. The van der Waals surface area contributed by atoms with Gasteiger partial charge in [0.2, 0.25) is 5.91 Å². The molecule has 1 saturated heterocycles. The summed E-state index contributed by atoms with van der Waals surface area (Å²) in [5, 5.41) is 2.35. The normalized spacial score (nSPS) is 18.1. The number of nitrogens with zero attached hydrogens (tertiary/aromatic N) is 1. The van der Waals surface area contributed by atoms with E-state index in [1.807, 2.05) is 23.1 Å². The van der Waals surface area contributed by atoms with Gasteiger partial charge in [0.05, 0.1) is 17.5 Å². The van der Waals surface area contributed by atoms with Crippen LogP contribution in [-0.2, 0) is 11.2 Å². The summed E-state index contributed by atoms with van der Waals surface area (Å²) in [7, 11) is 0. The van der Waals surface area contributed by atoms with Gasteiger partial charge in [-0.05, 0) is 29.2 Å². The van der Waals surface area contributed by atoms with Gasteiger partial charge in [-0.2, -0.15) is 0 Å². The maximum Gasteiger partial charge on any atom is 0.227 e. The molecule has 0 saturated carbocycles. The fourth-order valence-corrected chi connectivity index (χ4v) is 3.23. The van der Waals surface area contributed by atoms with Gasteiger partial charge in [0.15, 0.2) is 0 Å². The molecule has 1 amide bonds. The molecule has 3 nitrogen and oxygen atoms in total. The molecule has 0 aromatic heterocycles.